The number of carbonyl (C=O) groups excluding carboxylic acids is 2. The highest BCUT2D eigenvalue weighted by Gasteiger charge is 2.30. The average molecular weight is 632 g/mol. The summed E-state index contributed by atoms with van der Waals surface area (Å²) in [5, 5.41) is 3.26. The smallest absolute Gasteiger partial charge is 0.410 e. The Bertz CT molecular complexity index is 1340. The van der Waals surface area contributed by atoms with Gasteiger partial charge in [0.15, 0.2) is 0 Å². The van der Waals surface area contributed by atoms with Crippen molar-refractivity contribution in [3.05, 3.63) is 88.8 Å². The normalized spacial score (nSPS) is 16.3. The number of methoxy groups -OCH3 is 1. The van der Waals surface area contributed by atoms with Gasteiger partial charge in [-0.3, -0.25) is 4.79 Å². The standard InChI is InChI=1S/C39H57N3O4/c1-10-13-14-17-30-26-29(5)28(4)20-21-36(45-9)34(30)27-40-37(43)33-18-15-19-35(32(33)16-11-2)42(12-3)31-22-24-41(25-23-31)38(44)46-39(6,7)8/h10-11,15,18-19,26,31H,1-2,12-14,16-17,20-25,27H2,3-9H3,(H,40,43). The lowest BCUT2D eigenvalue weighted by Crippen LogP contribution is -2.48. The second-order valence-electron chi connectivity index (χ2n) is 13.4. The fraction of sp³-hybridized carbons (Fsp3) is 0.538. The number of piperidine rings is 1. The summed E-state index contributed by atoms with van der Waals surface area (Å²) >= 11 is 0. The van der Waals surface area contributed by atoms with Crippen molar-refractivity contribution in [3.8, 4) is 0 Å². The molecule has 0 spiro atoms. The van der Waals surface area contributed by atoms with Crippen molar-refractivity contribution in [2.24, 2.45) is 0 Å². The number of nitrogens with zero attached hydrogens (tertiary/aromatic N) is 2. The van der Waals surface area contributed by atoms with E-state index in [0.717, 1.165) is 74.1 Å². The number of benzene rings is 1. The molecule has 3 rings (SSSR count). The summed E-state index contributed by atoms with van der Waals surface area (Å²) in [6.07, 6.45) is 12.6. The Morgan fingerprint density at radius 3 is 2.43 bits per heavy atom. The summed E-state index contributed by atoms with van der Waals surface area (Å²) in [6, 6.07) is 6.25. The van der Waals surface area contributed by atoms with Crippen molar-refractivity contribution in [1.82, 2.24) is 10.2 Å². The van der Waals surface area contributed by atoms with Gasteiger partial charge in [0.1, 0.15) is 11.4 Å². The van der Waals surface area contributed by atoms with Gasteiger partial charge in [-0.15, -0.1) is 13.2 Å². The van der Waals surface area contributed by atoms with Crippen LogP contribution in [0.15, 0.2) is 77.6 Å². The van der Waals surface area contributed by atoms with Crippen LogP contribution in [0.2, 0.25) is 0 Å². The van der Waals surface area contributed by atoms with E-state index in [1.807, 2.05) is 45.1 Å². The monoisotopic (exact) mass is 631 g/mol. The molecule has 46 heavy (non-hydrogen) atoms. The Hall–Kier alpha value is -3.74. The average Bonchev–Trinajstić information content (AvgIpc) is 3.02. The van der Waals surface area contributed by atoms with Crippen molar-refractivity contribution in [3.63, 3.8) is 0 Å². The number of ether oxygens (including phenoxy) is 2. The largest absolute Gasteiger partial charge is 0.501 e. The highest BCUT2D eigenvalue weighted by molar-refractivity contribution is 5.97. The number of carbonyl (C=O) groups is 2. The lowest BCUT2D eigenvalue weighted by Gasteiger charge is -2.40. The van der Waals surface area contributed by atoms with Gasteiger partial charge in [-0.25, -0.2) is 4.79 Å². The number of anilines is 1. The molecule has 1 aromatic rings. The van der Waals surface area contributed by atoms with Crippen LogP contribution in [-0.2, 0) is 15.9 Å². The number of hydrogen-bond donors (Lipinski definition) is 1. The molecule has 2 aliphatic rings. The maximum absolute atomic E-state index is 14.0. The molecule has 0 bridgehead atoms. The minimum atomic E-state index is -0.514. The van der Waals surface area contributed by atoms with Gasteiger partial charge >= 0.3 is 6.09 Å². The van der Waals surface area contributed by atoms with Crippen LogP contribution in [0.5, 0.6) is 0 Å². The Balaban J connectivity index is 1.85. The summed E-state index contributed by atoms with van der Waals surface area (Å²) in [7, 11) is 1.73. The molecule has 2 amide bonds. The Morgan fingerprint density at radius 2 is 1.83 bits per heavy atom. The summed E-state index contributed by atoms with van der Waals surface area (Å²) in [5.74, 6) is 0.834. The quantitative estimate of drug-likeness (QED) is 0.174. The van der Waals surface area contributed by atoms with Crippen LogP contribution in [0.25, 0.3) is 0 Å². The molecule has 1 fully saturated rings. The first-order valence-corrected chi connectivity index (χ1v) is 16.9. The molecule has 0 unspecified atom stereocenters. The van der Waals surface area contributed by atoms with Crippen LogP contribution in [0.4, 0.5) is 10.5 Å². The van der Waals surface area contributed by atoms with Crippen molar-refractivity contribution in [1.29, 1.82) is 0 Å². The number of likely N-dealkylation sites (tertiary alicyclic amines) is 1. The zero-order valence-corrected chi connectivity index (χ0v) is 29.5. The van der Waals surface area contributed by atoms with E-state index in [-0.39, 0.29) is 18.0 Å². The second kappa shape index (κ2) is 17.3. The Kier molecular flexibility index (Phi) is 13.8. The molecule has 1 saturated heterocycles. The number of amides is 2. The van der Waals surface area contributed by atoms with Gasteiger partial charge in [0.05, 0.1) is 7.11 Å². The van der Waals surface area contributed by atoms with E-state index in [2.05, 4.69) is 56.3 Å². The number of rotatable bonds is 13. The molecular formula is C39H57N3O4. The van der Waals surface area contributed by atoms with Crippen LogP contribution in [0.1, 0.15) is 102 Å². The maximum Gasteiger partial charge on any atom is 0.410 e. The Morgan fingerprint density at radius 1 is 1.11 bits per heavy atom. The zero-order valence-electron chi connectivity index (χ0n) is 29.5. The van der Waals surface area contributed by atoms with Crippen LogP contribution in [0.3, 0.4) is 0 Å². The van der Waals surface area contributed by atoms with E-state index in [4.69, 9.17) is 9.47 Å². The topological polar surface area (TPSA) is 71.1 Å². The molecule has 7 heteroatoms. The van der Waals surface area contributed by atoms with Crippen LogP contribution in [-0.4, -0.2) is 61.8 Å². The number of nitrogens with one attached hydrogen (secondary N) is 1. The van der Waals surface area contributed by atoms with Gasteiger partial charge < -0.3 is 24.6 Å². The summed E-state index contributed by atoms with van der Waals surface area (Å²) in [4.78, 5) is 30.8. The third-order valence-corrected chi connectivity index (χ3v) is 8.99. The van der Waals surface area contributed by atoms with Crippen molar-refractivity contribution in [2.75, 3.05) is 38.2 Å². The number of hydrogen-bond acceptors (Lipinski definition) is 5. The zero-order chi connectivity index (χ0) is 33.9. The SMILES string of the molecule is C=CCCCC1=CC(C)=C(C)CCC(OC)=C1CNC(=O)c1cccc(N(CC)C2CCN(C(=O)OC(C)(C)C)CC2)c1CC=C. The molecular weight excluding hydrogens is 574 g/mol. The molecule has 0 saturated carbocycles. The Labute approximate surface area is 278 Å². The van der Waals surface area contributed by atoms with E-state index in [1.54, 1.807) is 12.0 Å². The molecule has 1 N–H and O–H groups in total. The van der Waals surface area contributed by atoms with Crippen LogP contribution < -0.4 is 10.2 Å². The number of allylic oxidation sites excluding steroid dienone is 6. The third kappa shape index (κ3) is 9.88. The van der Waals surface area contributed by atoms with Crippen molar-refractivity contribution < 1.29 is 19.1 Å². The molecule has 1 heterocycles. The first kappa shape index (κ1) is 36.7. The van der Waals surface area contributed by atoms with E-state index in [9.17, 15) is 9.59 Å². The maximum atomic E-state index is 14.0. The molecule has 0 aromatic heterocycles. The minimum Gasteiger partial charge on any atom is -0.501 e. The number of unbranched alkanes of at least 4 members (excludes halogenated alkanes) is 1. The molecule has 1 aliphatic carbocycles. The van der Waals surface area contributed by atoms with E-state index in [0.29, 0.717) is 31.6 Å². The van der Waals surface area contributed by atoms with E-state index in [1.165, 1.54) is 16.7 Å². The molecule has 0 atom stereocenters. The van der Waals surface area contributed by atoms with Crippen LogP contribution >= 0.6 is 0 Å². The van der Waals surface area contributed by atoms with Gasteiger partial charge in [0, 0.05) is 55.5 Å². The molecule has 1 aliphatic heterocycles. The van der Waals surface area contributed by atoms with Crippen LogP contribution in [0, 0.1) is 0 Å². The lowest BCUT2D eigenvalue weighted by atomic mass is 9.90. The van der Waals surface area contributed by atoms with Crippen molar-refractivity contribution >= 4 is 17.7 Å². The minimum absolute atomic E-state index is 0.103. The lowest BCUT2D eigenvalue weighted by molar-refractivity contribution is 0.0204. The molecule has 0 radical (unpaired) electrons. The van der Waals surface area contributed by atoms with Gasteiger partial charge in [-0.05, 0) is 110 Å². The second-order valence-corrected chi connectivity index (χ2v) is 13.4. The third-order valence-electron chi connectivity index (χ3n) is 8.99. The van der Waals surface area contributed by atoms with Gasteiger partial charge in [-0.2, -0.15) is 0 Å². The van der Waals surface area contributed by atoms with Gasteiger partial charge in [0.2, 0.25) is 0 Å². The van der Waals surface area contributed by atoms with E-state index < -0.39 is 5.60 Å². The highest BCUT2D eigenvalue weighted by Crippen LogP contribution is 2.32. The predicted molar refractivity (Wildman–Crippen MR) is 190 cm³/mol. The fourth-order valence-electron chi connectivity index (χ4n) is 6.39. The fourth-order valence-corrected chi connectivity index (χ4v) is 6.39. The molecule has 252 valence electrons. The first-order chi connectivity index (χ1) is 21.9. The predicted octanol–water partition coefficient (Wildman–Crippen LogP) is 8.68. The summed E-state index contributed by atoms with van der Waals surface area (Å²) in [6.45, 7) is 22.6. The van der Waals surface area contributed by atoms with Gasteiger partial charge in [0.25, 0.3) is 5.91 Å². The first-order valence-electron chi connectivity index (χ1n) is 16.9. The highest BCUT2D eigenvalue weighted by atomic mass is 16.6. The summed E-state index contributed by atoms with van der Waals surface area (Å²) < 4.78 is 11.5. The molecule has 7 nitrogen and oxygen atoms in total. The molecule has 1 aromatic carbocycles. The van der Waals surface area contributed by atoms with Crippen molar-refractivity contribution in [2.45, 2.75) is 105 Å². The summed E-state index contributed by atoms with van der Waals surface area (Å²) in [5.41, 5.74) is 7.10. The van der Waals surface area contributed by atoms with Gasteiger partial charge in [-0.1, -0.05) is 35.4 Å². The van der Waals surface area contributed by atoms with E-state index >= 15 is 0 Å².